The molecule has 2 amide bonds. The summed E-state index contributed by atoms with van der Waals surface area (Å²) in [6.45, 7) is 10.0. The van der Waals surface area contributed by atoms with E-state index in [4.69, 9.17) is 5.73 Å². The lowest BCUT2D eigenvalue weighted by atomic mass is 9.87. The fraction of sp³-hybridized carbons (Fsp3) is 0.529. The SMILES string of the molecule is CC(C)[C@H](N)C(=O)NCC(=O)Nc1ccc(C(C)(C)C)cc1.Cl. The Morgan fingerprint density at radius 2 is 1.65 bits per heavy atom. The second kappa shape index (κ2) is 8.89. The van der Waals surface area contributed by atoms with Gasteiger partial charge in [0.05, 0.1) is 12.6 Å². The number of nitrogens with two attached hydrogens (primary N) is 1. The van der Waals surface area contributed by atoms with Crippen LogP contribution in [0.1, 0.15) is 40.2 Å². The van der Waals surface area contributed by atoms with Crippen LogP contribution in [0.25, 0.3) is 0 Å². The van der Waals surface area contributed by atoms with Crippen LogP contribution in [0.2, 0.25) is 0 Å². The molecule has 1 aromatic carbocycles. The highest BCUT2D eigenvalue weighted by atomic mass is 35.5. The quantitative estimate of drug-likeness (QED) is 0.769. The third-order valence-electron chi connectivity index (χ3n) is 3.48. The number of hydrogen-bond acceptors (Lipinski definition) is 3. The van der Waals surface area contributed by atoms with Crippen LogP contribution in [0.4, 0.5) is 5.69 Å². The molecule has 1 rings (SSSR count). The average molecular weight is 342 g/mol. The molecule has 1 aromatic rings. The van der Waals surface area contributed by atoms with E-state index in [2.05, 4.69) is 31.4 Å². The molecule has 0 saturated carbocycles. The van der Waals surface area contributed by atoms with Crippen molar-refractivity contribution in [3.05, 3.63) is 29.8 Å². The zero-order valence-electron chi connectivity index (χ0n) is 14.5. The van der Waals surface area contributed by atoms with Gasteiger partial charge < -0.3 is 16.4 Å². The lowest BCUT2D eigenvalue weighted by molar-refractivity contribution is -0.125. The summed E-state index contributed by atoms with van der Waals surface area (Å²) in [5.41, 5.74) is 7.69. The summed E-state index contributed by atoms with van der Waals surface area (Å²) in [5, 5.41) is 5.29. The largest absolute Gasteiger partial charge is 0.346 e. The number of carbonyl (C=O) groups is 2. The normalized spacial score (nSPS) is 12.3. The van der Waals surface area contributed by atoms with Crippen molar-refractivity contribution in [2.75, 3.05) is 11.9 Å². The van der Waals surface area contributed by atoms with E-state index < -0.39 is 6.04 Å². The van der Waals surface area contributed by atoms with Crippen LogP contribution in [0.5, 0.6) is 0 Å². The van der Waals surface area contributed by atoms with Crippen molar-refractivity contribution >= 4 is 29.9 Å². The van der Waals surface area contributed by atoms with Gasteiger partial charge in [0.15, 0.2) is 0 Å². The van der Waals surface area contributed by atoms with Crippen LogP contribution < -0.4 is 16.4 Å². The van der Waals surface area contributed by atoms with Gasteiger partial charge in [-0.2, -0.15) is 0 Å². The molecule has 1 atom stereocenters. The predicted octanol–water partition coefficient (Wildman–Crippen LogP) is 2.44. The van der Waals surface area contributed by atoms with E-state index in [9.17, 15) is 9.59 Å². The van der Waals surface area contributed by atoms with E-state index in [1.54, 1.807) is 0 Å². The summed E-state index contributed by atoms with van der Waals surface area (Å²) in [4.78, 5) is 23.5. The number of anilines is 1. The van der Waals surface area contributed by atoms with Gasteiger partial charge in [-0.05, 0) is 29.0 Å². The van der Waals surface area contributed by atoms with E-state index >= 15 is 0 Å². The number of nitrogens with one attached hydrogen (secondary N) is 2. The maximum absolute atomic E-state index is 11.8. The molecule has 0 radical (unpaired) electrons. The predicted molar refractivity (Wildman–Crippen MR) is 96.8 cm³/mol. The van der Waals surface area contributed by atoms with E-state index in [1.807, 2.05) is 38.1 Å². The van der Waals surface area contributed by atoms with Crippen LogP contribution in [0, 0.1) is 5.92 Å². The van der Waals surface area contributed by atoms with Gasteiger partial charge in [0, 0.05) is 5.69 Å². The van der Waals surface area contributed by atoms with Gasteiger partial charge in [0.1, 0.15) is 0 Å². The smallest absolute Gasteiger partial charge is 0.243 e. The van der Waals surface area contributed by atoms with E-state index in [-0.39, 0.29) is 42.1 Å². The molecule has 0 heterocycles. The Labute approximate surface area is 144 Å². The Balaban J connectivity index is 0.00000484. The summed E-state index contributed by atoms with van der Waals surface area (Å²) >= 11 is 0. The van der Waals surface area contributed by atoms with Crippen molar-refractivity contribution in [3.8, 4) is 0 Å². The molecule has 0 aliphatic rings. The van der Waals surface area contributed by atoms with Crippen LogP contribution in [-0.2, 0) is 15.0 Å². The van der Waals surface area contributed by atoms with Crippen molar-refractivity contribution in [1.82, 2.24) is 5.32 Å². The molecule has 23 heavy (non-hydrogen) atoms. The maximum atomic E-state index is 11.8. The standard InChI is InChI=1S/C17H27N3O2.ClH/c1-11(2)15(18)16(22)19-10-14(21)20-13-8-6-12(7-9-13)17(3,4)5;/h6-9,11,15H,10,18H2,1-5H3,(H,19,22)(H,20,21);1H/t15-;/m0./s1. The summed E-state index contributed by atoms with van der Waals surface area (Å²) in [7, 11) is 0. The lowest BCUT2D eigenvalue weighted by Crippen LogP contribution is -2.46. The fourth-order valence-corrected chi connectivity index (χ4v) is 1.85. The zero-order chi connectivity index (χ0) is 16.9. The molecule has 0 unspecified atom stereocenters. The Kier molecular flexibility index (Phi) is 8.28. The van der Waals surface area contributed by atoms with Crippen molar-refractivity contribution in [2.24, 2.45) is 11.7 Å². The third-order valence-corrected chi connectivity index (χ3v) is 3.48. The average Bonchev–Trinajstić information content (AvgIpc) is 2.43. The van der Waals surface area contributed by atoms with E-state index in [1.165, 1.54) is 5.56 Å². The van der Waals surface area contributed by atoms with Gasteiger partial charge in [-0.25, -0.2) is 0 Å². The zero-order valence-corrected chi connectivity index (χ0v) is 15.3. The van der Waals surface area contributed by atoms with Gasteiger partial charge in [-0.1, -0.05) is 46.8 Å². The highest BCUT2D eigenvalue weighted by Gasteiger charge is 2.17. The Morgan fingerprint density at radius 1 is 1.13 bits per heavy atom. The summed E-state index contributed by atoms with van der Waals surface area (Å²) in [6, 6.07) is 7.10. The fourth-order valence-electron chi connectivity index (χ4n) is 1.85. The Morgan fingerprint density at radius 3 is 2.09 bits per heavy atom. The van der Waals surface area contributed by atoms with Crippen LogP contribution >= 0.6 is 12.4 Å². The molecular formula is C17H28ClN3O2. The Bertz CT molecular complexity index is 522. The van der Waals surface area contributed by atoms with E-state index in [0.29, 0.717) is 5.69 Å². The van der Waals surface area contributed by atoms with E-state index in [0.717, 1.165) is 0 Å². The first kappa shape index (κ1) is 21.4. The third kappa shape index (κ3) is 7.01. The molecule has 0 saturated heterocycles. The number of amides is 2. The second-order valence-corrected chi connectivity index (χ2v) is 6.86. The molecule has 4 N–H and O–H groups in total. The van der Waals surface area contributed by atoms with Gasteiger partial charge in [0.25, 0.3) is 0 Å². The van der Waals surface area contributed by atoms with Gasteiger partial charge >= 0.3 is 0 Å². The molecule has 130 valence electrons. The summed E-state index contributed by atoms with van der Waals surface area (Å²) in [6.07, 6.45) is 0. The lowest BCUT2D eigenvalue weighted by Gasteiger charge is -2.19. The number of carbonyl (C=O) groups excluding carboxylic acids is 2. The second-order valence-electron chi connectivity index (χ2n) is 6.86. The minimum Gasteiger partial charge on any atom is -0.346 e. The van der Waals surface area contributed by atoms with Gasteiger partial charge in [0.2, 0.25) is 11.8 Å². The molecular weight excluding hydrogens is 314 g/mol. The van der Waals surface area contributed by atoms with Crippen molar-refractivity contribution in [3.63, 3.8) is 0 Å². The first-order valence-corrected chi connectivity index (χ1v) is 7.55. The molecule has 0 aliphatic carbocycles. The first-order chi connectivity index (χ1) is 10.1. The summed E-state index contributed by atoms with van der Waals surface area (Å²) < 4.78 is 0. The maximum Gasteiger partial charge on any atom is 0.243 e. The number of hydrogen-bond donors (Lipinski definition) is 3. The van der Waals surface area contributed by atoms with Gasteiger partial charge in [-0.3, -0.25) is 9.59 Å². The first-order valence-electron chi connectivity index (χ1n) is 7.55. The minimum absolute atomic E-state index is 0. The van der Waals surface area contributed by atoms with Crippen molar-refractivity contribution in [2.45, 2.75) is 46.1 Å². The minimum atomic E-state index is -0.598. The molecule has 0 aromatic heterocycles. The molecule has 0 fully saturated rings. The molecule has 0 spiro atoms. The number of benzene rings is 1. The monoisotopic (exact) mass is 341 g/mol. The highest BCUT2D eigenvalue weighted by Crippen LogP contribution is 2.23. The number of rotatable bonds is 5. The topological polar surface area (TPSA) is 84.2 Å². The molecule has 0 bridgehead atoms. The van der Waals surface area contributed by atoms with Crippen molar-refractivity contribution < 1.29 is 9.59 Å². The van der Waals surface area contributed by atoms with Crippen LogP contribution in [-0.4, -0.2) is 24.4 Å². The molecule has 0 aliphatic heterocycles. The molecule has 5 nitrogen and oxygen atoms in total. The van der Waals surface area contributed by atoms with Crippen LogP contribution in [0.3, 0.4) is 0 Å². The van der Waals surface area contributed by atoms with Gasteiger partial charge in [-0.15, -0.1) is 12.4 Å². The van der Waals surface area contributed by atoms with Crippen LogP contribution in [0.15, 0.2) is 24.3 Å². The summed E-state index contributed by atoms with van der Waals surface area (Å²) in [5.74, 6) is -0.547. The Hall–Kier alpha value is -1.59. The highest BCUT2D eigenvalue weighted by molar-refractivity contribution is 5.95. The number of halogens is 1. The molecule has 6 heteroatoms. The van der Waals surface area contributed by atoms with Crippen molar-refractivity contribution in [1.29, 1.82) is 0 Å².